The standard InChI is InChI=1S/C29H40F3NO2/c1-2-3-4-5-6-7-8-9-10-11-12-13-22-33-23-25-14-18-27(19-15-25)34-24-26-16-20-28(21-17-26)35-29(30,31)32/h14-21,23H,2-13,22,24H2,1H3/b33-23+. The second-order valence-corrected chi connectivity index (χ2v) is 8.97. The van der Waals surface area contributed by atoms with Crippen molar-refractivity contribution in [2.75, 3.05) is 6.54 Å². The van der Waals surface area contributed by atoms with Crippen LogP contribution in [0.15, 0.2) is 53.5 Å². The molecule has 0 amide bonds. The van der Waals surface area contributed by atoms with Gasteiger partial charge in [-0.15, -0.1) is 13.2 Å². The molecule has 2 rings (SSSR count). The number of ether oxygens (including phenoxy) is 2. The lowest BCUT2D eigenvalue weighted by Crippen LogP contribution is -2.17. The molecular weight excluding hydrogens is 451 g/mol. The van der Waals surface area contributed by atoms with Crippen molar-refractivity contribution >= 4 is 6.21 Å². The summed E-state index contributed by atoms with van der Waals surface area (Å²) < 4.78 is 46.2. The molecule has 194 valence electrons. The van der Waals surface area contributed by atoms with Crippen molar-refractivity contribution in [2.24, 2.45) is 4.99 Å². The molecule has 0 fully saturated rings. The first-order valence-electron chi connectivity index (χ1n) is 13.0. The lowest BCUT2D eigenvalue weighted by molar-refractivity contribution is -0.274. The zero-order valence-electron chi connectivity index (χ0n) is 21.0. The number of alkyl halides is 3. The predicted octanol–water partition coefficient (Wildman–Crippen LogP) is 9.28. The molecule has 0 bridgehead atoms. The highest BCUT2D eigenvalue weighted by Gasteiger charge is 2.30. The smallest absolute Gasteiger partial charge is 0.489 e. The number of unbranched alkanes of at least 4 members (excludes halogenated alkanes) is 11. The van der Waals surface area contributed by atoms with E-state index in [4.69, 9.17) is 4.74 Å². The van der Waals surface area contributed by atoms with Gasteiger partial charge in [-0.2, -0.15) is 0 Å². The van der Waals surface area contributed by atoms with Crippen molar-refractivity contribution in [3.8, 4) is 11.5 Å². The molecule has 0 N–H and O–H groups in total. The summed E-state index contributed by atoms with van der Waals surface area (Å²) in [6.07, 6.45) is 13.3. The Hall–Kier alpha value is -2.50. The molecule has 0 unspecified atom stereocenters. The van der Waals surface area contributed by atoms with Crippen LogP contribution in [0, 0.1) is 0 Å². The van der Waals surface area contributed by atoms with Gasteiger partial charge in [0.25, 0.3) is 0 Å². The zero-order valence-corrected chi connectivity index (χ0v) is 21.0. The Morgan fingerprint density at radius 3 is 1.74 bits per heavy atom. The number of hydrogen-bond donors (Lipinski definition) is 0. The first-order valence-corrected chi connectivity index (χ1v) is 13.0. The van der Waals surface area contributed by atoms with Gasteiger partial charge in [0.15, 0.2) is 0 Å². The quantitative estimate of drug-likeness (QED) is 0.154. The summed E-state index contributed by atoms with van der Waals surface area (Å²) in [7, 11) is 0. The van der Waals surface area contributed by atoms with Gasteiger partial charge in [0.05, 0.1) is 0 Å². The molecule has 2 aromatic rings. The molecule has 0 radical (unpaired) electrons. The maximum absolute atomic E-state index is 12.2. The first kappa shape index (κ1) is 28.7. The minimum atomic E-state index is -4.68. The van der Waals surface area contributed by atoms with E-state index in [0.29, 0.717) is 5.75 Å². The monoisotopic (exact) mass is 491 g/mol. The van der Waals surface area contributed by atoms with E-state index in [-0.39, 0.29) is 12.4 Å². The topological polar surface area (TPSA) is 30.8 Å². The number of hydrogen-bond acceptors (Lipinski definition) is 3. The molecule has 3 nitrogen and oxygen atoms in total. The van der Waals surface area contributed by atoms with Crippen molar-refractivity contribution in [3.05, 3.63) is 59.7 Å². The van der Waals surface area contributed by atoms with Gasteiger partial charge in [0.1, 0.15) is 18.1 Å². The molecule has 0 saturated heterocycles. The molecule has 0 atom stereocenters. The van der Waals surface area contributed by atoms with E-state index in [0.717, 1.165) is 24.1 Å². The predicted molar refractivity (Wildman–Crippen MR) is 137 cm³/mol. The Labute approximate surface area is 208 Å². The number of benzene rings is 2. The molecular formula is C29H40F3NO2. The zero-order chi connectivity index (χ0) is 25.2. The minimum Gasteiger partial charge on any atom is -0.489 e. The lowest BCUT2D eigenvalue weighted by atomic mass is 10.1. The number of rotatable bonds is 18. The fraction of sp³-hybridized carbons (Fsp3) is 0.552. The molecule has 0 aliphatic rings. The van der Waals surface area contributed by atoms with Crippen molar-refractivity contribution in [1.29, 1.82) is 0 Å². The third-order valence-electron chi connectivity index (χ3n) is 5.82. The van der Waals surface area contributed by atoms with E-state index in [1.54, 1.807) is 12.1 Å². The van der Waals surface area contributed by atoms with Crippen molar-refractivity contribution < 1.29 is 22.6 Å². The molecule has 35 heavy (non-hydrogen) atoms. The highest BCUT2D eigenvalue weighted by Crippen LogP contribution is 2.23. The van der Waals surface area contributed by atoms with Gasteiger partial charge in [-0.25, -0.2) is 0 Å². The fourth-order valence-electron chi connectivity index (χ4n) is 3.82. The van der Waals surface area contributed by atoms with E-state index in [1.165, 1.54) is 82.8 Å². The minimum absolute atomic E-state index is 0.242. The molecule has 2 aromatic carbocycles. The van der Waals surface area contributed by atoms with Crippen LogP contribution in [0.4, 0.5) is 13.2 Å². The van der Waals surface area contributed by atoms with Gasteiger partial charge in [-0.05, 0) is 53.9 Å². The van der Waals surface area contributed by atoms with Crippen LogP contribution in [0.3, 0.4) is 0 Å². The van der Waals surface area contributed by atoms with E-state index < -0.39 is 6.36 Å². The van der Waals surface area contributed by atoms with Crippen LogP contribution < -0.4 is 9.47 Å². The SMILES string of the molecule is CCCCCCCCCCCCCC/N=C/c1ccc(OCc2ccc(OC(F)(F)F)cc2)cc1. The largest absolute Gasteiger partial charge is 0.573 e. The third-order valence-corrected chi connectivity index (χ3v) is 5.82. The average Bonchev–Trinajstić information content (AvgIpc) is 2.83. The van der Waals surface area contributed by atoms with Crippen LogP contribution in [-0.4, -0.2) is 19.1 Å². The van der Waals surface area contributed by atoms with Crippen molar-refractivity contribution in [1.82, 2.24) is 0 Å². The Balaban J connectivity index is 1.52. The second-order valence-electron chi connectivity index (χ2n) is 8.97. The third kappa shape index (κ3) is 14.5. The van der Waals surface area contributed by atoms with Crippen LogP contribution in [-0.2, 0) is 6.61 Å². The van der Waals surface area contributed by atoms with Crippen LogP contribution in [0.25, 0.3) is 0 Å². The van der Waals surface area contributed by atoms with Crippen LogP contribution in [0.5, 0.6) is 11.5 Å². The molecule has 0 heterocycles. The summed E-state index contributed by atoms with van der Waals surface area (Å²) in [6, 6.07) is 13.3. The summed E-state index contributed by atoms with van der Waals surface area (Å²) in [5.41, 5.74) is 1.78. The molecule has 0 aliphatic heterocycles. The fourth-order valence-corrected chi connectivity index (χ4v) is 3.82. The Kier molecular flexibility index (Phi) is 14.0. The van der Waals surface area contributed by atoms with Crippen molar-refractivity contribution in [3.63, 3.8) is 0 Å². The van der Waals surface area contributed by atoms with Crippen LogP contribution in [0.2, 0.25) is 0 Å². The van der Waals surface area contributed by atoms with Gasteiger partial charge in [-0.3, -0.25) is 4.99 Å². The van der Waals surface area contributed by atoms with Gasteiger partial charge < -0.3 is 9.47 Å². The molecule has 0 saturated carbocycles. The van der Waals surface area contributed by atoms with Crippen LogP contribution in [0.1, 0.15) is 95.1 Å². The van der Waals surface area contributed by atoms with Gasteiger partial charge in [-0.1, -0.05) is 89.7 Å². The molecule has 0 aliphatic carbocycles. The van der Waals surface area contributed by atoms with E-state index in [2.05, 4.69) is 16.7 Å². The van der Waals surface area contributed by atoms with Crippen molar-refractivity contribution in [2.45, 2.75) is 96.9 Å². The maximum Gasteiger partial charge on any atom is 0.573 e. The Bertz CT molecular complexity index is 817. The number of halogens is 3. The van der Waals surface area contributed by atoms with E-state index >= 15 is 0 Å². The molecule has 0 aromatic heterocycles. The maximum atomic E-state index is 12.2. The summed E-state index contributed by atoms with van der Waals surface area (Å²) in [4.78, 5) is 4.52. The van der Waals surface area contributed by atoms with Crippen LogP contribution >= 0.6 is 0 Å². The normalized spacial score (nSPS) is 11.8. The lowest BCUT2D eigenvalue weighted by Gasteiger charge is -2.10. The Morgan fingerprint density at radius 2 is 1.20 bits per heavy atom. The van der Waals surface area contributed by atoms with E-state index in [9.17, 15) is 13.2 Å². The molecule has 6 heteroatoms. The number of nitrogens with zero attached hydrogens (tertiary/aromatic N) is 1. The highest BCUT2D eigenvalue weighted by molar-refractivity contribution is 5.79. The highest BCUT2D eigenvalue weighted by atomic mass is 19.4. The number of aliphatic imine (C=N–C) groups is 1. The summed E-state index contributed by atoms with van der Waals surface area (Å²) in [6.45, 7) is 3.38. The molecule has 0 spiro atoms. The second kappa shape index (κ2) is 17.0. The summed E-state index contributed by atoms with van der Waals surface area (Å²) in [5, 5.41) is 0. The summed E-state index contributed by atoms with van der Waals surface area (Å²) >= 11 is 0. The van der Waals surface area contributed by atoms with Gasteiger partial charge in [0.2, 0.25) is 0 Å². The van der Waals surface area contributed by atoms with Gasteiger partial charge in [0, 0.05) is 12.8 Å². The average molecular weight is 492 g/mol. The van der Waals surface area contributed by atoms with Gasteiger partial charge >= 0.3 is 6.36 Å². The Morgan fingerprint density at radius 1 is 0.686 bits per heavy atom. The summed E-state index contributed by atoms with van der Waals surface area (Å²) in [5.74, 6) is 0.451. The van der Waals surface area contributed by atoms with E-state index in [1.807, 2.05) is 30.5 Å². The first-order chi connectivity index (χ1) is 17.0.